The monoisotopic (exact) mass is 294 g/mol. The number of carbonyl (C=O) groups is 2. The lowest BCUT2D eigenvalue weighted by Crippen LogP contribution is -2.41. The van der Waals surface area contributed by atoms with Gasteiger partial charge in [-0.2, -0.15) is 0 Å². The lowest BCUT2D eigenvalue weighted by molar-refractivity contribution is -0.130. The first-order valence-electron chi connectivity index (χ1n) is 6.94. The van der Waals surface area contributed by atoms with Crippen molar-refractivity contribution in [3.63, 3.8) is 0 Å². The zero-order valence-electron chi connectivity index (χ0n) is 11.3. The van der Waals surface area contributed by atoms with Gasteiger partial charge in [0.05, 0.1) is 6.54 Å². The highest BCUT2D eigenvalue weighted by molar-refractivity contribution is 6.30. The van der Waals surface area contributed by atoms with Crippen LogP contribution in [0.1, 0.15) is 24.8 Å². The summed E-state index contributed by atoms with van der Waals surface area (Å²) in [5.41, 5.74) is 1.08. The molecule has 0 aromatic heterocycles. The predicted octanol–water partition coefficient (Wildman–Crippen LogP) is 1.92. The Labute approximate surface area is 123 Å². The predicted molar refractivity (Wildman–Crippen MR) is 78.5 cm³/mol. The molecule has 2 N–H and O–H groups in total. The molecule has 1 aliphatic carbocycles. The van der Waals surface area contributed by atoms with Crippen LogP contribution in [0.25, 0.3) is 0 Å². The highest BCUT2D eigenvalue weighted by Crippen LogP contribution is 2.25. The van der Waals surface area contributed by atoms with Crippen molar-refractivity contribution in [2.45, 2.75) is 25.7 Å². The lowest BCUT2D eigenvalue weighted by atomic mass is 9.85. The Morgan fingerprint density at radius 3 is 2.70 bits per heavy atom. The molecule has 20 heavy (non-hydrogen) atoms. The van der Waals surface area contributed by atoms with E-state index in [4.69, 9.17) is 11.6 Å². The van der Waals surface area contributed by atoms with Gasteiger partial charge < -0.3 is 10.6 Å². The summed E-state index contributed by atoms with van der Waals surface area (Å²) < 4.78 is 0. The summed E-state index contributed by atoms with van der Waals surface area (Å²) in [6.07, 6.45) is 3.73. The molecule has 0 spiro atoms. The number of benzene rings is 1. The number of amides is 2. The van der Waals surface area contributed by atoms with Crippen LogP contribution in [0.4, 0.5) is 0 Å². The molecule has 0 aliphatic heterocycles. The summed E-state index contributed by atoms with van der Waals surface area (Å²) in [7, 11) is 0. The maximum atomic E-state index is 11.6. The minimum Gasteiger partial charge on any atom is -0.354 e. The molecule has 1 saturated carbocycles. The Morgan fingerprint density at radius 1 is 1.25 bits per heavy atom. The molecule has 1 aromatic rings. The second kappa shape index (κ2) is 7.29. The molecule has 5 heteroatoms. The molecule has 1 fully saturated rings. The van der Waals surface area contributed by atoms with Crippen molar-refractivity contribution in [3.8, 4) is 0 Å². The quantitative estimate of drug-likeness (QED) is 0.842. The van der Waals surface area contributed by atoms with E-state index in [0.29, 0.717) is 11.6 Å². The summed E-state index contributed by atoms with van der Waals surface area (Å²) in [4.78, 5) is 23.1. The molecular weight excluding hydrogens is 276 g/mol. The van der Waals surface area contributed by atoms with Crippen molar-refractivity contribution in [2.75, 3.05) is 13.1 Å². The van der Waals surface area contributed by atoms with E-state index in [1.807, 2.05) is 24.3 Å². The Kier molecular flexibility index (Phi) is 5.41. The summed E-state index contributed by atoms with van der Waals surface area (Å²) >= 11 is 5.88. The van der Waals surface area contributed by atoms with Gasteiger partial charge in [-0.1, -0.05) is 30.2 Å². The molecule has 2 rings (SSSR count). The fourth-order valence-electron chi connectivity index (χ4n) is 2.08. The zero-order valence-corrected chi connectivity index (χ0v) is 12.1. The fourth-order valence-corrected chi connectivity index (χ4v) is 2.30. The van der Waals surface area contributed by atoms with Crippen molar-refractivity contribution >= 4 is 23.4 Å². The molecule has 0 bridgehead atoms. The van der Waals surface area contributed by atoms with Crippen LogP contribution >= 0.6 is 11.6 Å². The van der Waals surface area contributed by atoms with Gasteiger partial charge in [-0.25, -0.2) is 0 Å². The summed E-state index contributed by atoms with van der Waals surface area (Å²) in [6.45, 7) is 0.601. The van der Waals surface area contributed by atoms with Crippen molar-refractivity contribution < 1.29 is 9.59 Å². The van der Waals surface area contributed by atoms with Crippen LogP contribution in [0.5, 0.6) is 0 Å². The van der Waals surface area contributed by atoms with E-state index in [2.05, 4.69) is 10.6 Å². The Bertz CT molecular complexity index is 487. The van der Waals surface area contributed by atoms with Gasteiger partial charge in [-0.05, 0) is 37.0 Å². The first-order chi connectivity index (χ1) is 9.65. The molecule has 1 aliphatic rings. The lowest BCUT2D eigenvalue weighted by Gasteiger charge is -2.23. The molecule has 0 heterocycles. The smallest absolute Gasteiger partial charge is 0.239 e. The average Bonchev–Trinajstić information content (AvgIpc) is 2.34. The average molecular weight is 295 g/mol. The highest BCUT2D eigenvalue weighted by atomic mass is 35.5. The van der Waals surface area contributed by atoms with Crippen molar-refractivity contribution in [2.24, 2.45) is 5.92 Å². The third-order valence-corrected chi connectivity index (χ3v) is 3.76. The Morgan fingerprint density at radius 2 is 2.05 bits per heavy atom. The van der Waals surface area contributed by atoms with E-state index in [9.17, 15) is 9.59 Å². The molecule has 0 radical (unpaired) electrons. The van der Waals surface area contributed by atoms with Gasteiger partial charge in [-0.3, -0.25) is 9.59 Å². The SMILES string of the molecule is O=C(CNC(=O)C1CCC1)NCCc1cccc(Cl)c1. The van der Waals surface area contributed by atoms with Crippen LogP contribution in [0.2, 0.25) is 5.02 Å². The molecular formula is C15H19ClN2O2. The van der Waals surface area contributed by atoms with Crippen molar-refractivity contribution in [1.29, 1.82) is 0 Å². The van der Waals surface area contributed by atoms with E-state index in [1.165, 1.54) is 0 Å². The van der Waals surface area contributed by atoms with Gasteiger partial charge in [-0.15, -0.1) is 0 Å². The van der Waals surface area contributed by atoms with Crippen LogP contribution in [-0.4, -0.2) is 24.9 Å². The summed E-state index contributed by atoms with van der Waals surface area (Å²) in [5.74, 6) is -0.0322. The molecule has 0 atom stereocenters. The molecule has 4 nitrogen and oxygen atoms in total. The van der Waals surface area contributed by atoms with Crippen LogP contribution in [0, 0.1) is 5.92 Å². The third-order valence-electron chi connectivity index (χ3n) is 3.52. The van der Waals surface area contributed by atoms with Gasteiger partial charge in [0.15, 0.2) is 0 Å². The van der Waals surface area contributed by atoms with Gasteiger partial charge >= 0.3 is 0 Å². The first-order valence-corrected chi connectivity index (χ1v) is 7.32. The second-order valence-corrected chi connectivity index (χ2v) is 5.51. The Balaban J connectivity index is 1.61. The van der Waals surface area contributed by atoms with Crippen LogP contribution in [0.3, 0.4) is 0 Å². The fraction of sp³-hybridized carbons (Fsp3) is 0.467. The van der Waals surface area contributed by atoms with Crippen molar-refractivity contribution in [1.82, 2.24) is 10.6 Å². The zero-order chi connectivity index (χ0) is 14.4. The molecule has 0 saturated heterocycles. The maximum absolute atomic E-state index is 11.6. The van der Waals surface area contributed by atoms with E-state index in [0.717, 1.165) is 31.2 Å². The van der Waals surface area contributed by atoms with E-state index < -0.39 is 0 Å². The number of hydrogen-bond acceptors (Lipinski definition) is 2. The van der Waals surface area contributed by atoms with Gasteiger partial charge in [0, 0.05) is 17.5 Å². The van der Waals surface area contributed by atoms with E-state index >= 15 is 0 Å². The minimum absolute atomic E-state index is 0.00115. The standard InChI is InChI=1S/C15H19ClN2O2/c16-13-6-1-3-11(9-13)7-8-17-14(19)10-18-15(20)12-4-2-5-12/h1,3,6,9,12H,2,4-5,7-8,10H2,(H,17,19)(H,18,20). The summed E-state index contributed by atoms with van der Waals surface area (Å²) in [5, 5.41) is 6.15. The molecule has 1 aromatic carbocycles. The maximum Gasteiger partial charge on any atom is 0.239 e. The number of rotatable bonds is 6. The highest BCUT2D eigenvalue weighted by Gasteiger charge is 2.25. The van der Waals surface area contributed by atoms with E-state index in [1.54, 1.807) is 0 Å². The number of halogens is 1. The van der Waals surface area contributed by atoms with E-state index in [-0.39, 0.29) is 24.3 Å². The number of hydrogen-bond donors (Lipinski definition) is 2. The van der Waals surface area contributed by atoms with Crippen molar-refractivity contribution in [3.05, 3.63) is 34.9 Å². The van der Waals surface area contributed by atoms with Crippen LogP contribution < -0.4 is 10.6 Å². The molecule has 108 valence electrons. The Hall–Kier alpha value is -1.55. The van der Waals surface area contributed by atoms with Gasteiger partial charge in [0.1, 0.15) is 0 Å². The largest absolute Gasteiger partial charge is 0.354 e. The minimum atomic E-state index is -0.153. The topological polar surface area (TPSA) is 58.2 Å². The number of nitrogens with one attached hydrogen (secondary N) is 2. The molecule has 0 unspecified atom stereocenters. The molecule has 2 amide bonds. The summed E-state index contributed by atoms with van der Waals surface area (Å²) in [6, 6.07) is 7.56. The number of carbonyl (C=O) groups excluding carboxylic acids is 2. The first kappa shape index (κ1) is 14.9. The van der Waals surface area contributed by atoms with Crippen LogP contribution in [-0.2, 0) is 16.0 Å². The third kappa shape index (κ3) is 4.53. The van der Waals surface area contributed by atoms with Crippen LogP contribution in [0.15, 0.2) is 24.3 Å². The normalized spacial score (nSPS) is 14.4. The van der Waals surface area contributed by atoms with Gasteiger partial charge in [0.2, 0.25) is 11.8 Å². The second-order valence-electron chi connectivity index (χ2n) is 5.08. The van der Waals surface area contributed by atoms with Gasteiger partial charge in [0.25, 0.3) is 0 Å².